The molecule has 0 fully saturated rings. The van der Waals surface area contributed by atoms with E-state index in [4.69, 9.17) is 27.9 Å². The number of carbonyl (C=O) groups is 1. The average Bonchev–Trinajstić information content (AvgIpc) is 2.80. The molecular weight excluding hydrogens is 311 g/mol. The molecule has 112 valence electrons. The summed E-state index contributed by atoms with van der Waals surface area (Å²) in [7, 11) is 0. The van der Waals surface area contributed by atoms with Crippen LogP contribution in [0.2, 0.25) is 10.0 Å². The highest BCUT2D eigenvalue weighted by molar-refractivity contribution is 6.33. The van der Waals surface area contributed by atoms with Gasteiger partial charge in [0.25, 0.3) is 0 Å². The number of hydrogen-bond donors (Lipinski definition) is 0. The van der Waals surface area contributed by atoms with E-state index in [1.807, 2.05) is 13.8 Å². The highest BCUT2D eigenvalue weighted by Gasteiger charge is 2.25. The predicted octanol–water partition coefficient (Wildman–Crippen LogP) is 4.42. The third-order valence-electron chi connectivity index (χ3n) is 2.95. The average molecular weight is 327 g/mol. The number of Topliss-reactive ketones (excluding diaryl/α,β-unsaturated/α-hetero) is 1. The van der Waals surface area contributed by atoms with E-state index in [0.717, 1.165) is 0 Å². The summed E-state index contributed by atoms with van der Waals surface area (Å²) >= 11 is 12.0. The lowest BCUT2D eigenvalue weighted by atomic mass is 10.2. The minimum atomic E-state index is -0.685. The van der Waals surface area contributed by atoms with Crippen LogP contribution in [0.1, 0.15) is 37.3 Å². The number of halogens is 2. The smallest absolute Gasteiger partial charge is 0.222 e. The second kappa shape index (κ2) is 6.50. The molecule has 21 heavy (non-hydrogen) atoms. The van der Waals surface area contributed by atoms with E-state index in [9.17, 15) is 4.79 Å². The number of rotatable bonds is 5. The molecule has 1 atom stereocenters. The minimum absolute atomic E-state index is 0.0369. The molecule has 1 heterocycles. The summed E-state index contributed by atoms with van der Waals surface area (Å²) in [4.78, 5) is 12.5. The first-order valence-corrected chi connectivity index (χ1v) is 7.35. The van der Waals surface area contributed by atoms with Crippen molar-refractivity contribution in [3.05, 3.63) is 46.2 Å². The van der Waals surface area contributed by atoms with E-state index in [1.165, 1.54) is 6.20 Å². The molecule has 2 aromatic rings. The molecule has 6 heteroatoms. The summed E-state index contributed by atoms with van der Waals surface area (Å²) in [5.74, 6) is 0.321. The Balaban J connectivity index is 2.22. The Morgan fingerprint density at radius 1 is 1.29 bits per heavy atom. The number of carbonyl (C=O) groups excluding carboxylic acids is 1. The summed E-state index contributed by atoms with van der Waals surface area (Å²) < 4.78 is 7.24. The van der Waals surface area contributed by atoms with Gasteiger partial charge in [-0.3, -0.25) is 9.48 Å². The third-order valence-corrected chi connectivity index (χ3v) is 3.46. The van der Waals surface area contributed by atoms with Crippen molar-refractivity contribution in [1.82, 2.24) is 9.78 Å². The molecule has 0 spiro atoms. The van der Waals surface area contributed by atoms with Gasteiger partial charge in [-0.25, -0.2) is 0 Å². The Labute approximate surface area is 133 Å². The van der Waals surface area contributed by atoms with Crippen LogP contribution in [-0.2, 0) is 0 Å². The Morgan fingerprint density at radius 3 is 2.62 bits per heavy atom. The monoisotopic (exact) mass is 326 g/mol. The molecule has 1 aromatic heterocycles. The molecule has 0 N–H and O–H groups in total. The highest BCUT2D eigenvalue weighted by Crippen LogP contribution is 2.23. The van der Waals surface area contributed by atoms with E-state index in [2.05, 4.69) is 5.10 Å². The van der Waals surface area contributed by atoms with E-state index in [1.54, 1.807) is 35.9 Å². The number of nitrogens with zero attached hydrogens (tertiary/aromatic N) is 2. The maximum absolute atomic E-state index is 12.5. The van der Waals surface area contributed by atoms with Gasteiger partial charge in [-0.15, -0.1) is 0 Å². The van der Waals surface area contributed by atoms with Gasteiger partial charge in [-0.2, -0.15) is 5.10 Å². The van der Waals surface area contributed by atoms with Gasteiger partial charge < -0.3 is 4.74 Å². The summed E-state index contributed by atoms with van der Waals surface area (Å²) in [5, 5.41) is 5.01. The van der Waals surface area contributed by atoms with Gasteiger partial charge in [-0.1, -0.05) is 29.3 Å². The van der Waals surface area contributed by atoms with Crippen molar-refractivity contribution >= 4 is 29.0 Å². The largest absolute Gasteiger partial charge is 0.482 e. The van der Waals surface area contributed by atoms with Crippen LogP contribution in [0.4, 0.5) is 0 Å². The van der Waals surface area contributed by atoms with Crippen molar-refractivity contribution in [3.8, 4) is 5.75 Å². The Kier molecular flexibility index (Phi) is 4.91. The maximum Gasteiger partial charge on any atom is 0.222 e. The zero-order chi connectivity index (χ0) is 15.6. The van der Waals surface area contributed by atoms with Crippen molar-refractivity contribution in [2.45, 2.75) is 32.9 Å². The number of hydrogen-bond acceptors (Lipinski definition) is 3. The zero-order valence-corrected chi connectivity index (χ0v) is 13.5. The molecule has 2 rings (SSSR count). The summed E-state index contributed by atoms with van der Waals surface area (Å²) in [6.45, 7) is 5.54. The van der Waals surface area contributed by atoms with Crippen LogP contribution >= 0.6 is 23.2 Å². The molecule has 1 unspecified atom stereocenters. The van der Waals surface area contributed by atoms with Crippen LogP contribution < -0.4 is 4.74 Å². The van der Waals surface area contributed by atoms with Gasteiger partial charge in [0.15, 0.2) is 6.10 Å². The van der Waals surface area contributed by atoms with Gasteiger partial charge in [-0.05, 0) is 39.0 Å². The van der Waals surface area contributed by atoms with E-state index in [-0.39, 0.29) is 11.8 Å². The van der Waals surface area contributed by atoms with Gasteiger partial charge in [0.05, 0.1) is 11.2 Å². The normalized spacial score (nSPS) is 12.5. The third kappa shape index (κ3) is 3.57. The second-order valence-corrected chi connectivity index (χ2v) is 5.80. The van der Waals surface area contributed by atoms with Crippen molar-refractivity contribution in [2.75, 3.05) is 0 Å². The molecular formula is C15H16Cl2N2O2. The highest BCUT2D eigenvalue weighted by atomic mass is 35.5. The fourth-order valence-corrected chi connectivity index (χ4v) is 2.36. The molecule has 0 radical (unpaired) electrons. The number of ketones is 1. The molecule has 0 saturated heterocycles. The fraction of sp³-hybridized carbons (Fsp3) is 0.333. The molecule has 4 nitrogen and oxygen atoms in total. The van der Waals surface area contributed by atoms with Crippen LogP contribution in [0.5, 0.6) is 5.75 Å². The molecule has 0 saturated carbocycles. The Hall–Kier alpha value is -1.52. The standard InChI is InChI=1S/C15H16Cl2N2O2/c1-9(2)19-14(13(17)8-18-19)15(20)10(3)21-12-6-4-5-11(16)7-12/h4-10H,1-3H3. The van der Waals surface area contributed by atoms with Gasteiger partial charge in [0, 0.05) is 11.1 Å². The van der Waals surface area contributed by atoms with Crippen LogP contribution in [0.15, 0.2) is 30.5 Å². The quantitative estimate of drug-likeness (QED) is 0.764. The van der Waals surface area contributed by atoms with Crippen molar-refractivity contribution < 1.29 is 9.53 Å². The Bertz CT molecular complexity index is 653. The van der Waals surface area contributed by atoms with Crippen molar-refractivity contribution in [2.24, 2.45) is 0 Å². The lowest BCUT2D eigenvalue weighted by Crippen LogP contribution is -2.27. The Morgan fingerprint density at radius 2 is 2.00 bits per heavy atom. The lowest BCUT2D eigenvalue weighted by Gasteiger charge is -2.16. The van der Waals surface area contributed by atoms with Gasteiger partial charge in [0.2, 0.25) is 5.78 Å². The predicted molar refractivity (Wildman–Crippen MR) is 83.5 cm³/mol. The maximum atomic E-state index is 12.5. The first kappa shape index (κ1) is 15.9. The van der Waals surface area contributed by atoms with Crippen LogP contribution in [0.3, 0.4) is 0 Å². The van der Waals surface area contributed by atoms with E-state index in [0.29, 0.717) is 21.5 Å². The van der Waals surface area contributed by atoms with Gasteiger partial charge >= 0.3 is 0 Å². The summed E-state index contributed by atoms with van der Waals surface area (Å²) in [5.41, 5.74) is 0.362. The number of aromatic nitrogens is 2. The van der Waals surface area contributed by atoms with Crippen molar-refractivity contribution in [1.29, 1.82) is 0 Å². The second-order valence-electron chi connectivity index (χ2n) is 4.96. The first-order chi connectivity index (χ1) is 9.90. The first-order valence-electron chi connectivity index (χ1n) is 6.59. The van der Waals surface area contributed by atoms with E-state index < -0.39 is 6.10 Å². The molecule has 1 aromatic carbocycles. The van der Waals surface area contributed by atoms with Gasteiger partial charge in [0.1, 0.15) is 11.4 Å². The van der Waals surface area contributed by atoms with Crippen LogP contribution in [0.25, 0.3) is 0 Å². The van der Waals surface area contributed by atoms with E-state index >= 15 is 0 Å². The van der Waals surface area contributed by atoms with Crippen LogP contribution in [-0.4, -0.2) is 21.7 Å². The molecule has 0 aliphatic carbocycles. The lowest BCUT2D eigenvalue weighted by molar-refractivity contribution is 0.0805. The summed E-state index contributed by atoms with van der Waals surface area (Å²) in [6.07, 6.45) is 0.788. The number of ether oxygens (including phenoxy) is 1. The minimum Gasteiger partial charge on any atom is -0.482 e. The van der Waals surface area contributed by atoms with Crippen molar-refractivity contribution in [3.63, 3.8) is 0 Å². The SMILES string of the molecule is CC(Oc1cccc(Cl)c1)C(=O)c1c(Cl)cnn1C(C)C. The summed E-state index contributed by atoms with van der Waals surface area (Å²) in [6, 6.07) is 6.95. The van der Waals surface area contributed by atoms with Crippen LogP contribution in [0, 0.1) is 0 Å². The molecule has 0 aliphatic heterocycles. The topological polar surface area (TPSA) is 44.1 Å². The zero-order valence-electron chi connectivity index (χ0n) is 12.0. The fourth-order valence-electron chi connectivity index (χ4n) is 1.95. The number of benzene rings is 1. The molecule has 0 aliphatic rings. The molecule has 0 bridgehead atoms. The molecule has 0 amide bonds.